The van der Waals surface area contributed by atoms with Crippen molar-refractivity contribution in [3.05, 3.63) is 0 Å². The van der Waals surface area contributed by atoms with Gasteiger partial charge in [0.2, 0.25) is 5.91 Å². The highest BCUT2D eigenvalue weighted by Crippen LogP contribution is 2.19. The molecule has 6 nitrogen and oxygen atoms in total. The fourth-order valence-electron chi connectivity index (χ4n) is 1.37. The monoisotopic (exact) mass is 239 g/mol. The minimum Gasteiger partial charge on any atom is -0.388 e. The third-order valence-corrected chi connectivity index (χ3v) is 2.52. The summed E-state index contributed by atoms with van der Waals surface area (Å²) in [7, 11) is 0. The summed E-state index contributed by atoms with van der Waals surface area (Å²) >= 11 is 5.26. The summed E-state index contributed by atoms with van der Waals surface area (Å²) in [4.78, 5) is 10.9. The standard InChI is InChI=1S/C8H14ClNO5/c1-3-5(12)6(13)7(14)8(15-3)10-4(11)2-9/h3,5-8,12-14H,2H2,1H3,(H,10,11)/t3-,5+,6+,7-,8-/m0/s1. The van der Waals surface area contributed by atoms with E-state index in [9.17, 15) is 20.1 Å². The number of hydrogen-bond acceptors (Lipinski definition) is 5. The third kappa shape index (κ3) is 2.79. The fraction of sp³-hybridized carbons (Fsp3) is 0.875. The molecule has 0 aromatic carbocycles. The Balaban J connectivity index is 2.62. The molecule has 0 spiro atoms. The summed E-state index contributed by atoms with van der Waals surface area (Å²) in [6, 6.07) is 0. The molecule has 1 amide bonds. The van der Waals surface area contributed by atoms with Gasteiger partial charge in [-0.05, 0) is 6.92 Å². The predicted octanol–water partition coefficient (Wildman–Crippen LogP) is -1.83. The Morgan fingerprint density at radius 1 is 1.33 bits per heavy atom. The van der Waals surface area contributed by atoms with Gasteiger partial charge in [-0.1, -0.05) is 0 Å². The number of amides is 1. The van der Waals surface area contributed by atoms with Crippen LogP contribution in [0.4, 0.5) is 0 Å². The Hall–Kier alpha value is -0.400. The first kappa shape index (κ1) is 12.7. The number of carbonyl (C=O) groups excluding carboxylic acids is 1. The summed E-state index contributed by atoms with van der Waals surface area (Å²) in [6.45, 7) is 1.53. The first-order valence-electron chi connectivity index (χ1n) is 4.52. The number of aliphatic hydroxyl groups excluding tert-OH is 3. The number of nitrogens with one attached hydrogen (secondary N) is 1. The van der Waals surface area contributed by atoms with Crippen molar-refractivity contribution in [1.82, 2.24) is 5.32 Å². The molecule has 5 atom stereocenters. The van der Waals surface area contributed by atoms with Gasteiger partial charge in [0.05, 0.1) is 6.10 Å². The summed E-state index contributed by atoms with van der Waals surface area (Å²) < 4.78 is 5.10. The average Bonchev–Trinajstić information content (AvgIpc) is 2.22. The van der Waals surface area contributed by atoms with E-state index < -0.39 is 36.6 Å². The number of aliphatic hydroxyl groups is 3. The van der Waals surface area contributed by atoms with Crippen molar-refractivity contribution in [1.29, 1.82) is 0 Å². The molecule has 1 aliphatic rings. The van der Waals surface area contributed by atoms with Gasteiger partial charge in [-0.25, -0.2) is 0 Å². The Bertz CT molecular complexity index is 239. The highest BCUT2D eigenvalue weighted by atomic mass is 35.5. The fourth-order valence-corrected chi connectivity index (χ4v) is 1.44. The molecule has 0 radical (unpaired) electrons. The summed E-state index contributed by atoms with van der Waals surface area (Å²) in [6.07, 6.45) is -5.63. The second-order valence-electron chi connectivity index (χ2n) is 3.43. The van der Waals surface area contributed by atoms with Crippen molar-refractivity contribution in [2.45, 2.75) is 37.6 Å². The van der Waals surface area contributed by atoms with Crippen molar-refractivity contribution in [3.63, 3.8) is 0 Å². The number of hydrogen-bond donors (Lipinski definition) is 4. The Labute approximate surface area is 91.8 Å². The molecule has 0 saturated carbocycles. The second-order valence-corrected chi connectivity index (χ2v) is 3.70. The quantitative estimate of drug-likeness (QED) is 0.425. The van der Waals surface area contributed by atoms with E-state index in [1.54, 1.807) is 0 Å². The molecule has 88 valence electrons. The zero-order valence-corrected chi connectivity index (χ0v) is 8.89. The molecule has 7 heteroatoms. The van der Waals surface area contributed by atoms with Gasteiger partial charge in [0.25, 0.3) is 0 Å². The topological polar surface area (TPSA) is 99.0 Å². The van der Waals surface area contributed by atoms with Gasteiger partial charge in [0, 0.05) is 0 Å². The van der Waals surface area contributed by atoms with Crippen molar-refractivity contribution in [2.75, 3.05) is 5.88 Å². The van der Waals surface area contributed by atoms with Gasteiger partial charge >= 0.3 is 0 Å². The number of halogens is 1. The summed E-state index contributed by atoms with van der Waals surface area (Å²) in [5, 5.41) is 30.5. The third-order valence-electron chi connectivity index (χ3n) is 2.28. The van der Waals surface area contributed by atoms with E-state index in [0.717, 1.165) is 0 Å². The summed E-state index contributed by atoms with van der Waals surface area (Å²) in [5.41, 5.74) is 0. The number of rotatable bonds is 2. The lowest BCUT2D eigenvalue weighted by molar-refractivity contribution is -0.224. The van der Waals surface area contributed by atoms with Crippen LogP contribution in [-0.2, 0) is 9.53 Å². The first-order chi connectivity index (χ1) is 6.97. The maximum atomic E-state index is 10.9. The molecule has 0 unspecified atom stereocenters. The van der Waals surface area contributed by atoms with Gasteiger partial charge in [-0.2, -0.15) is 0 Å². The van der Waals surface area contributed by atoms with Crippen LogP contribution in [-0.4, -0.2) is 57.8 Å². The van der Waals surface area contributed by atoms with E-state index in [-0.39, 0.29) is 5.88 Å². The van der Waals surface area contributed by atoms with Gasteiger partial charge in [0.15, 0.2) is 6.23 Å². The molecule has 15 heavy (non-hydrogen) atoms. The molecule has 1 heterocycles. The van der Waals surface area contributed by atoms with Gasteiger partial charge in [-0.15, -0.1) is 11.6 Å². The number of carbonyl (C=O) groups is 1. The lowest BCUT2D eigenvalue weighted by Crippen LogP contribution is -2.61. The minimum absolute atomic E-state index is 0.264. The number of ether oxygens (including phenoxy) is 1. The molecule has 0 aromatic rings. The van der Waals surface area contributed by atoms with E-state index in [1.165, 1.54) is 6.92 Å². The second kappa shape index (κ2) is 5.09. The van der Waals surface area contributed by atoms with Crippen LogP contribution in [0.5, 0.6) is 0 Å². The Kier molecular flexibility index (Phi) is 4.30. The number of alkyl halides is 1. The van der Waals surface area contributed by atoms with Crippen LogP contribution in [0.1, 0.15) is 6.92 Å². The lowest BCUT2D eigenvalue weighted by Gasteiger charge is -2.39. The van der Waals surface area contributed by atoms with Crippen LogP contribution in [0.25, 0.3) is 0 Å². The molecule has 1 fully saturated rings. The molecule has 1 saturated heterocycles. The Morgan fingerprint density at radius 3 is 2.47 bits per heavy atom. The van der Waals surface area contributed by atoms with E-state index in [0.29, 0.717) is 0 Å². The lowest BCUT2D eigenvalue weighted by atomic mass is 9.99. The van der Waals surface area contributed by atoms with Crippen molar-refractivity contribution < 1.29 is 24.9 Å². The normalized spacial score (nSPS) is 41.3. The summed E-state index contributed by atoms with van der Waals surface area (Å²) in [5.74, 6) is -0.781. The highest BCUT2D eigenvalue weighted by molar-refractivity contribution is 6.27. The zero-order chi connectivity index (χ0) is 11.6. The van der Waals surface area contributed by atoms with Crippen LogP contribution in [0.15, 0.2) is 0 Å². The van der Waals surface area contributed by atoms with E-state index in [1.807, 2.05) is 0 Å². The van der Waals surface area contributed by atoms with Crippen LogP contribution in [0.2, 0.25) is 0 Å². The molecule has 0 aliphatic carbocycles. The smallest absolute Gasteiger partial charge is 0.236 e. The van der Waals surface area contributed by atoms with Crippen LogP contribution in [0, 0.1) is 0 Å². The largest absolute Gasteiger partial charge is 0.388 e. The molecule has 4 N–H and O–H groups in total. The highest BCUT2D eigenvalue weighted by Gasteiger charge is 2.42. The first-order valence-corrected chi connectivity index (χ1v) is 5.05. The van der Waals surface area contributed by atoms with E-state index in [2.05, 4.69) is 5.32 Å². The average molecular weight is 240 g/mol. The SMILES string of the molecule is C[C@@H]1O[C@H](NC(=O)CCl)[C@@H](O)[C@H](O)[C@@H]1O. The molecule has 1 aliphatic heterocycles. The van der Waals surface area contributed by atoms with Crippen molar-refractivity contribution in [3.8, 4) is 0 Å². The van der Waals surface area contributed by atoms with Crippen LogP contribution in [0.3, 0.4) is 0 Å². The van der Waals surface area contributed by atoms with Crippen molar-refractivity contribution >= 4 is 17.5 Å². The predicted molar refractivity (Wildman–Crippen MR) is 51.2 cm³/mol. The maximum absolute atomic E-state index is 10.9. The maximum Gasteiger partial charge on any atom is 0.236 e. The molecular formula is C8H14ClNO5. The zero-order valence-electron chi connectivity index (χ0n) is 8.13. The van der Waals surface area contributed by atoms with Gasteiger partial charge in [-0.3, -0.25) is 4.79 Å². The molecular weight excluding hydrogens is 226 g/mol. The molecule has 0 aromatic heterocycles. The minimum atomic E-state index is -1.37. The van der Waals surface area contributed by atoms with Crippen LogP contribution < -0.4 is 5.32 Å². The van der Waals surface area contributed by atoms with E-state index >= 15 is 0 Å². The van der Waals surface area contributed by atoms with E-state index in [4.69, 9.17) is 16.3 Å². The molecule has 0 bridgehead atoms. The molecule has 1 rings (SSSR count). The van der Waals surface area contributed by atoms with Gasteiger partial charge < -0.3 is 25.4 Å². The van der Waals surface area contributed by atoms with Gasteiger partial charge in [0.1, 0.15) is 24.2 Å². The van der Waals surface area contributed by atoms with Crippen LogP contribution >= 0.6 is 11.6 Å². The Morgan fingerprint density at radius 2 is 1.93 bits per heavy atom. The van der Waals surface area contributed by atoms with Crippen molar-refractivity contribution in [2.24, 2.45) is 0 Å².